The molecule has 1 fully saturated rings. The lowest BCUT2D eigenvalue weighted by Gasteiger charge is -2.24. The van der Waals surface area contributed by atoms with Gasteiger partial charge in [-0.15, -0.1) is 11.8 Å². The Morgan fingerprint density at radius 2 is 2.21 bits per heavy atom. The first-order valence-electron chi connectivity index (χ1n) is 8.29. The predicted octanol–water partition coefficient (Wildman–Crippen LogP) is 3.58. The molecule has 0 radical (unpaired) electrons. The van der Waals surface area contributed by atoms with E-state index in [2.05, 4.69) is 24.9 Å². The van der Waals surface area contributed by atoms with Crippen LogP contribution in [0.2, 0.25) is 0 Å². The summed E-state index contributed by atoms with van der Waals surface area (Å²) in [7, 11) is 0. The minimum atomic E-state index is -0.178. The molecule has 4 rings (SSSR count). The van der Waals surface area contributed by atoms with Crippen LogP contribution in [0.1, 0.15) is 37.9 Å². The Morgan fingerprint density at radius 3 is 2.83 bits per heavy atom. The van der Waals surface area contributed by atoms with Crippen molar-refractivity contribution in [2.24, 2.45) is 5.92 Å². The number of fused-ring (bicyclic) bond motifs is 1. The van der Waals surface area contributed by atoms with Gasteiger partial charge in [0.25, 0.3) is 5.56 Å². The molecule has 0 spiro atoms. The summed E-state index contributed by atoms with van der Waals surface area (Å²) in [6.45, 7) is 5.04. The maximum absolute atomic E-state index is 12.7. The molecule has 0 bridgehead atoms. The van der Waals surface area contributed by atoms with E-state index in [0.717, 1.165) is 22.0 Å². The summed E-state index contributed by atoms with van der Waals surface area (Å²) in [4.78, 5) is 17.3. The average molecular weight is 337 g/mol. The molecular weight excluding hydrogens is 318 g/mol. The van der Waals surface area contributed by atoms with E-state index in [9.17, 15) is 10.1 Å². The number of thioether (sulfide) groups is 1. The Morgan fingerprint density at radius 1 is 1.42 bits per heavy atom. The fourth-order valence-corrected chi connectivity index (χ4v) is 4.27. The highest BCUT2D eigenvalue weighted by atomic mass is 32.2. The van der Waals surface area contributed by atoms with Crippen molar-refractivity contribution >= 4 is 11.8 Å². The van der Waals surface area contributed by atoms with Crippen molar-refractivity contribution in [2.75, 3.05) is 5.75 Å². The highest BCUT2D eigenvalue weighted by Crippen LogP contribution is 2.46. The number of pyridine rings is 2. The van der Waals surface area contributed by atoms with Gasteiger partial charge in [0.1, 0.15) is 11.6 Å². The number of rotatable bonds is 2. The topological polar surface area (TPSA) is 58.7 Å². The van der Waals surface area contributed by atoms with Crippen LogP contribution in [0.4, 0.5) is 0 Å². The van der Waals surface area contributed by atoms with Crippen molar-refractivity contribution in [3.05, 3.63) is 46.0 Å². The summed E-state index contributed by atoms with van der Waals surface area (Å²) in [6.07, 6.45) is 4.16. The van der Waals surface area contributed by atoms with Crippen LogP contribution in [0, 0.1) is 17.2 Å². The third-order valence-corrected chi connectivity index (χ3v) is 6.45. The van der Waals surface area contributed by atoms with Gasteiger partial charge < -0.3 is 4.57 Å². The van der Waals surface area contributed by atoms with Gasteiger partial charge in [0.05, 0.1) is 5.03 Å². The van der Waals surface area contributed by atoms with Gasteiger partial charge in [-0.05, 0) is 30.9 Å². The summed E-state index contributed by atoms with van der Waals surface area (Å²) < 4.78 is 1.74. The maximum Gasteiger partial charge on any atom is 0.269 e. The summed E-state index contributed by atoms with van der Waals surface area (Å²) in [5, 5.41) is 10.5. The number of hydrogen-bond acceptors (Lipinski definition) is 4. The fourth-order valence-electron chi connectivity index (χ4n) is 3.20. The lowest BCUT2D eigenvalue weighted by molar-refractivity contribution is 0.474. The molecule has 122 valence electrons. The SMILES string of the molecule is CC1CSc2cc(-c3ccc(C4(C)CC4)nc3)c(C#N)c(=O)n2C1. The predicted molar refractivity (Wildman–Crippen MR) is 95.1 cm³/mol. The molecule has 24 heavy (non-hydrogen) atoms. The second-order valence-corrected chi connectivity index (χ2v) is 8.25. The zero-order valence-electron chi connectivity index (χ0n) is 13.9. The average Bonchev–Trinajstić information content (AvgIpc) is 3.34. The molecule has 0 amide bonds. The highest BCUT2D eigenvalue weighted by Gasteiger charge is 2.40. The highest BCUT2D eigenvalue weighted by molar-refractivity contribution is 7.99. The molecule has 1 aliphatic carbocycles. The normalized spacial score (nSPS) is 21.0. The number of hydrogen-bond donors (Lipinski definition) is 0. The zero-order chi connectivity index (χ0) is 16.9. The van der Waals surface area contributed by atoms with E-state index in [-0.39, 0.29) is 16.5 Å². The molecule has 5 heteroatoms. The van der Waals surface area contributed by atoms with Crippen LogP contribution in [-0.4, -0.2) is 15.3 Å². The largest absolute Gasteiger partial charge is 0.302 e. The van der Waals surface area contributed by atoms with Gasteiger partial charge >= 0.3 is 0 Å². The van der Waals surface area contributed by atoms with Gasteiger partial charge in [-0.2, -0.15) is 5.26 Å². The summed E-state index contributed by atoms with van der Waals surface area (Å²) in [5.41, 5.74) is 2.92. The molecule has 1 saturated carbocycles. The van der Waals surface area contributed by atoms with Crippen molar-refractivity contribution in [1.82, 2.24) is 9.55 Å². The maximum atomic E-state index is 12.7. The van der Waals surface area contributed by atoms with Crippen molar-refractivity contribution in [1.29, 1.82) is 5.26 Å². The van der Waals surface area contributed by atoms with Crippen LogP contribution in [0.5, 0.6) is 0 Å². The Kier molecular flexibility index (Phi) is 3.54. The molecule has 2 aromatic heterocycles. The van der Waals surface area contributed by atoms with Gasteiger partial charge in [0.15, 0.2) is 0 Å². The Balaban J connectivity index is 1.82. The van der Waals surface area contributed by atoms with Crippen LogP contribution in [0.3, 0.4) is 0 Å². The molecule has 4 nitrogen and oxygen atoms in total. The molecule has 3 heterocycles. The van der Waals surface area contributed by atoms with Crippen molar-refractivity contribution in [3.63, 3.8) is 0 Å². The van der Waals surface area contributed by atoms with E-state index in [0.29, 0.717) is 18.0 Å². The van der Waals surface area contributed by atoms with E-state index < -0.39 is 0 Å². The lowest BCUT2D eigenvalue weighted by Crippen LogP contribution is -2.30. The summed E-state index contributed by atoms with van der Waals surface area (Å²) in [5.74, 6) is 1.44. The standard InChI is InChI=1S/C19H19N3OS/c1-12-10-22-17(24-11-12)7-14(15(8-20)18(22)23)13-3-4-16(21-9-13)19(2)5-6-19/h3-4,7,9,12H,5-6,10-11H2,1-2H3. The van der Waals surface area contributed by atoms with E-state index in [1.54, 1.807) is 16.3 Å². The van der Waals surface area contributed by atoms with Gasteiger partial charge in [-0.1, -0.05) is 19.9 Å². The zero-order valence-corrected chi connectivity index (χ0v) is 14.7. The van der Waals surface area contributed by atoms with Gasteiger partial charge in [0.2, 0.25) is 0 Å². The van der Waals surface area contributed by atoms with Gasteiger partial charge in [-0.25, -0.2) is 0 Å². The molecule has 0 N–H and O–H groups in total. The number of nitrogens with zero attached hydrogens (tertiary/aromatic N) is 3. The van der Waals surface area contributed by atoms with Crippen LogP contribution < -0.4 is 5.56 Å². The number of nitriles is 1. The molecule has 0 aromatic carbocycles. The van der Waals surface area contributed by atoms with Gasteiger partial charge in [0, 0.05) is 40.7 Å². The van der Waals surface area contributed by atoms with E-state index in [1.165, 1.54) is 12.8 Å². The first-order chi connectivity index (χ1) is 11.5. The van der Waals surface area contributed by atoms with Crippen molar-refractivity contribution in [3.8, 4) is 17.2 Å². The molecular formula is C19H19N3OS. The Bertz CT molecular complexity index is 904. The lowest BCUT2D eigenvalue weighted by atomic mass is 10.00. The molecule has 1 atom stereocenters. The summed E-state index contributed by atoms with van der Waals surface area (Å²) in [6, 6.07) is 8.12. The molecule has 1 aliphatic heterocycles. The second-order valence-electron chi connectivity index (χ2n) is 7.21. The molecule has 2 aliphatic rings. The first-order valence-corrected chi connectivity index (χ1v) is 9.28. The first kappa shape index (κ1) is 15.5. The molecule has 0 saturated heterocycles. The van der Waals surface area contributed by atoms with E-state index in [4.69, 9.17) is 0 Å². The minimum Gasteiger partial charge on any atom is -0.302 e. The smallest absolute Gasteiger partial charge is 0.269 e. The monoisotopic (exact) mass is 337 g/mol. The summed E-state index contributed by atoms with van der Waals surface area (Å²) >= 11 is 1.69. The minimum absolute atomic E-state index is 0.178. The third kappa shape index (κ3) is 2.46. The van der Waals surface area contributed by atoms with E-state index in [1.807, 2.05) is 24.4 Å². The van der Waals surface area contributed by atoms with Crippen LogP contribution >= 0.6 is 11.8 Å². The van der Waals surface area contributed by atoms with Crippen LogP contribution in [0.15, 0.2) is 34.2 Å². The fraction of sp³-hybridized carbons (Fsp3) is 0.421. The Labute approximate surface area is 145 Å². The van der Waals surface area contributed by atoms with E-state index >= 15 is 0 Å². The quantitative estimate of drug-likeness (QED) is 0.840. The molecule has 1 unspecified atom stereocenters. The van der Waals surface area contributed by atoms with Crippen LogP contribution in [-0.2, 0) is 12.0 Å². The van der Waals surface area contributed by atoms with Gasteiger partial charge in [-0.3, -0.25) is 9.78 Å². The van der Waals surface area contributed by atoms with Crippen LogP contribution in [0.25, 0.3) is 11.1 Å². The van der Waals surface area contributed by atoms with Crippen molar-refractivity contribution < 1.29 is 0 Å². The van der Waals surface area contributed by atoms with Crippen molar-refractivity contribution in [2.45, 2.75) is 43.7 Å². The Hall–Kier alpha value is -2.06. The second kappa shape index (κ2) is 5.49. The number of aromatic nitrogens is 2. The molecule has 2 aromatic rings. The third-order valence-electron chi connectivity index (χ3n) is 5.08.